The topological polar surface area (TPSA) is 38.3 Å². The first-order valence-corrected chi connectivity index (χ1v) is 6.86. The number of hydrogen-bond acceptors (Lipinski definition) is 4. The molecule has 0 heterocycles. The molecule has 0 bridgehead atoms. The molecule has 1 N–H and O–H groups in total. The van der Waals surface area contributed by atoms with E-state index in [0.29, 0.717) is 12.6 Å². The quantitative estimate of drug-likeness (QED) is 0.732. The largest absolute Gasteiger partial charge is 0.462 e. The van der Waals surface area contributed by atoms with Crippen LogP contribution in [0.15, 0.2) is 0 Å². The molecule has 0 saturated heterocycles. The fourth-order valence-corrected chi connectivity index (χ4v) is 2.67. The van der Waals surface area contributed by atoms with E-state index in [1.165, 1.54) is 19.3 Å². The van der Waals surface area contributed by atoms with E-state index in [0.717, 1.165) is 5.25 Å². The van der Waals surface area contributed by atoms with E-state index >= 15 is 0 Å². The molecule has 1 fully saturated rings. The standard InChI is InChI=1S/C11H21NO2S/c1-8(2)14-11(13)7-12-9-4-5-10(6-9)15-3/h8-10,12H,4-7H2,1-3H3. The highest BCUT2D eigenvalue weighted by molar-refractivity contribution is 7.99. The minimum Gasteiger partial charge on any atom is -0.462 e. The van der Waals surface area contributed by atoms with Crippen LogP contribution in [0.1, 0.15) is 33.1 Å². The van der Waals surface area contributed by atoms with Crippen molar-refractivity contribution < 1.29 is 9.53 Å². The van der Waals surface area contributed by atoms with Crippen molar-refractivity contribution in [2.45, 2.75) is 50.5 Å². The zero-order chi connectivity index (χ0) is 11.3. The molecule has 0 aromatic carbocycles. The van der Waals surface area contributed by atoms with Gasteiger partial charge in [-0.3, -0.25) is 4.79 Å². The minimum atomic E-state index is -0.141. The molecule has 1 aliphatic carbocycles. The second-order valence-electron chi connectivity index (χ2n) is 4.29. The number of carbonyl (C=O) groups is 1. The van der Waals surface area contributed by atoms with Crippen LogP contribution in [0, 0.1) is 0 Å². The minimum absolute atomic E-state index is 0.0122. The molecule has 0 amide bonds. The average Bonchev–Trinajstić information content (AvgIpc) is 2.61. The van der Waals surface area contributed by atoms with Gasteiger partial charge in [0.15, 0.2) is 0 Å². The zero-order valence-corrected chi connectivity index (χ0v) is 10.6. The second kappa shape index (κ2) is 6.38. The third-order valence-electron chi connectivity index (χ3n) is 2.62. The molecule has 2 atom stereocenters. The van der Waals surface area contributed by atoms with Crippen molar-refractivity contribution in [3.8, 4) is 0 Å². The van der Waals surface area contributed by atoms with Gasteiger partial charge in [0, 0.05) is 11.3 Å². The molecular formula is C11H21NO2S. The van der Waals surface area contributed by atoms with E-state index in [9.17, 15) is 4.79 Å². The highest BCUT2D eigenvalue weighted by Gasteiger charge is 2.23. The van der Waals surface area contributed by atoms with Gasteiger partial charge in [-0.2, -0.15) is 11.8 Å². The number of nitrogens with one attached hydrogen (secondary N) is 1. The van der Waals surface area contributed by atoms with Gasteiger partial charge in [-0.1, -0.05) is 0 Å². The van der Waals surface area contributed by atoms with E-state index in [-0.39, 0.29) is 12.1 Å². The molecule has 0 radical (unpaired) electrons. The van der Waals surface area contributed by atoms with Crippen LogP contribution in [0.2, 0.25) is 0 Å². The molecule has 1 rings (SSSR count). The van der Waals surface area contributed by atoms with E-state index in [1.807, 2.05) is 25.6 Å². The molecule has 0 aliphatic heterocycles. The van der Waals surface area contributed by atoms with Gasteiger partial charge in [-0.15, -0.1) is 0 Å². The van der Waals surface area contributed by atoms with Gasteiger partial charge in [-0.05, 0) is 39.4 Å². The summed E-state index contributed by atoms with van der Waals surface area (Å²) in [5, 5.41) is 4.03. The number of hydrogen-bond donors (Lipinski definition) is 1. The normalized spacial score (nSPS) is 25.9. The summed E-state index contributed by atoms with van der Waals surface area (Å²) in [5.74, 6) is -0.141. The highest BCUT2D eigenvalue weighted by Crippen LogP contribution is 2.27. The van der Waals surface area contributed by atoms with Crippen molar-refractivity contribution in [1.82, 2.24) is 5.32 Å². The first kappa shape index (κ1) is 12.8. The van der Waals surface area contributed by atoms with Crippen LogP contribution in [0.5, 0.6) is 0 Å². The van der Waals surface area contributed by atoms with Crippen molar-refractivity contribution in [2.75, 3.05) is 12.8 Å². The third kappa shape index (κ3) is 4.89. The Morgan fingerprint density at radius 1 is 1.53 bits per heavy atom. The number of esters is 1. The van der Waals surface area contributed by atoms with Gasteiger partial charge in [0.05, 0.1) is 12.6 Å². The summed E-state index contributed by atoms with van der Waals surface area (Å²) < 4.78 is 5.06. The van der Waals surface area contributed by atoms with Crippen LogP contribution in [0.4, 0.5) is 0 Å². The Balaban J connectivity index is 2.13. The van der Waals surface area contributed by atoms with Crippen molar-refractivity contribution in [3.05, 3.63) is 0 Å². The van der Waals surface area contributed by atoms with Crippen LogP contribution < -0.4 is 5.32 Å². The lowest BCUT2D eigenvalue weighted by molar-refractivity contribution is -0.146. The first-order valence-electron chi connectivity index (χ1n) is 5.57. The predicted octanol–water partition coefficient (Wildman–Crippen LogP) is 1.81. The van der Waals surface area contributed by atoms with Crippen LogP contribution in [0.3, 0.4) is 0 Å². The maximum atomic E-state index is 11.3. The monoisotopic (exact) mass is 231 g/mol. The number of ether oxygens (including phenoxy) is 1. The molecule has 0 spiro atoms. The SMILES string of the molecule is CSC1CCC(NCC(=O)OC(C)C)C1. The summed E-state index contributed by atoms with van der Waals surface area (Å²) in [5.41, 5.74) is 0. The smallest absolute Gasteiger partial charge is 0.320 e. The van der Waals surface area contributed by atoms with Crippen LogP contribution in [-0.2, 0) is 9.53 Å². The molecule has 1 saturated carbocycles. The average molecular weight is 231 g/mol. The van der Waals surface area contributed by atoms with Crippen molar-refractivity contribution in [1.29, 1.82) is 0 Å². The fraction of sp³-hybridized carbons (Fsp3) is 0.909. The Morgan fingerprint density at radius 2 is 2.27 bits per heavy atom. The summed E-state index contributed by atoms with van der Waals surface area (Å²) in [6, 6.07) is 0.502. The molecule has 0 aromatic rings. The van der Waals surface area contributed by atoms with Gasteiger partial charge in [0.25, 0.3) is 0 Å². The van der Waals surface area contributed by atoms with Gasteiger partial charge in [-0.25, -0.2) is 0 Å². The van der Waals surface area contributed by atoms with Gasteiger partial charge in [0.1, 0.15) is 0 Å². The van der Waals surface area contributed by atoms with Crippen LogP contribution >= 0.6 is 11.8 Å². The Labute approximate surface area is 96.3 Å². The first-order chi connectivity index (χ1) is 7.11. The summed E-state index contributed by atoms with van der Waals surface area (Å²) >= 11 is 1.92. The maximum Gasteiger partial charge on any atom is 0.320 e. The molecule has 4 heteroatoms. The molecule has 15 heavy (non-hydrogen) atoms. The van der Waals surface area contributed by atoms with Crippen molar-refractivity contribution in [3.63, 3.8) is 0 Å². The van der Waals surface area contributed by atoms with Crippen molar-refractivity contribution >= 4 is 17.7 Å². The van der Waals surface area contributed by atoms with E-state index in [2.05, 4.69) is 11.6 Å². The zero-order valence-electron chi connectivity index (χ0n) is 9.79. The summed E-state index contributed by atoms with van der Waals surface area (Å²) in [6.45, 7) is 4.10. The van der Waals surface area contributed by atoms with E-state index in [4.69, 9.17) is 4.74 Å². The van der Waals surface area contributed by atoms with Crippen LogP contribution in [-0.4, -0.2) is 36.2 Å². The summed E-state index contributed by atoms with van der Waals surface area (Å²) in [7, 11) is 0. The molecule has 88 valence electrons. The van der Waals surface area contributed by atoms with Gasteiger partial charge in [0.2, 0.25) is 0 Å². The maximum absolute atomic E-state index is 11.3. The number of carbonyl (C=O) groups excluding carboxylic acids is 1. The Bertz CT molecular complexity index is 209. The third-order valence-corrected chi connectivity index (χ3v) is 3.71. The fourth-order valence-electron chi connectivity index (χ4n) is 1.87. The molecule has 2 unspecified atom stereocenters. The highest BCUT2D eigenvalue weighted by atomic mass is 32.2. The lowest BCUT2D eigenvalue weighted by atomic mass is 10.2. The van der Waals surface area contributed by atoms with Gasteiger partial charge < -0.3 is 10.1 Å². The Kier molecular flexibility index (Phi) is 5.47. The summed E-state index contributed by atoms with van der Waals surface area (Å²) in [6.07, 6.45) is 5.76. The van der Waals surface area contributed by atoms with E-state index < -0.39 is 0 Å². The molecular weight excluding hydrogens is 210 g/mol. The second-order valence-corrected chi connectivity index (χ2v) is 5.43. The lowest BCUT2D eigenvalue weighted by Gasteiger charge is -2.13. The number of rotatable bonds is 5. The van der Waals surface area contributed by atoms with Crippen molar-refractivity contribution in [2.24, 2.45) is 0 Å². The van der Waals surface area contributed by atoms with Gasteiger partial charge >= 0.3 is 5.97 Å². The molecule has 0 aromatic heterocycles. The Morgan fingerprint density at radius 3 is 2.80 bits per heavy atom. The number of thioether (sulfide) groups is 1. The summed E-state index contributed by atoms with van der Waals surface area (Å²) in [4.78, 5) is 11.3. The lowest BCUT2D eigenvalue weighted by Crippen LogP contribution is -2.33. The Hall–Kier alpha value is -0.220. The van der Waals surface area contributed by atoms with E-state index in [1.54, 1.807) is 0 Å². The predicted molar refractivity (Wildman–Crippen MR) is 64.2 cm³/mol. The van der Waals surface area contributed by atoms with Crippen LogP contribution in [0.25, 0.3) is 0 Å². The molecule has 3 nitrogen and oxygen atoms in total. The molecule has 1 aliphatic rings.